The minimum atomic E-state index is -0.201. The number of amides is 1. The molecule has 0 saturated carbocycles. The van der Waals surface area contributed by atoms with Crippen LogP contribution in [0, 0.1) is 0 Å². The summed E-state index contributed by atoms with van der Waals surface area (Å²) in [5, 5.41) is 12.6. The Hall–Kier alpha value is -2.97. The van der Waals surface area contributed by atoms with Gasteiger partial charge in [-0.2, -0.15) is 0 Å². The number of nitrogens with one attached hydrogen (secondary N) is 1. The first-order valence-corrected chi connectivity index (χ1v) is 10.4. The summed E-state index contributed by atoms with van der Waals surface area (Å²) in [6, 6.07) is 12.6. The fourth-order valence-corrected chi connectivity index (χ4v) is 3.60. The molecule has 156 valence electrons. The average Bonchev–Trinajstić information content (AvgIpc) is 3.15. The van der Waals surface area contributed by atoms with Crippen LogP contribution in [-0.2, 0) is 11.3 Å². The summed E-state index contributed by atoms with van der Waals surface area (Å²) in [5.41, 5.74) is 1.42. The molecule has 0 aliphatic carbocycles. The van der Waals surface area contributed by atoms with Crippen molar-refractivity contribution in [2.75, 3.05) is 25.3 Å². The molecule has 7 nitrogen and oxygen atoms in total. The van der Waals surface area contributed by atoms with E-state index < -0.39 is 0 Å². The Morgan fingerprint density at radius 2 is 1.97 bits per heavy atom. The van der Waals surface area contributed by atoms with E-state index in [9.17, 15) is 4.79 Å². The fraction of sp³-hybridized carbons (Fsp3) is 0.190. The molecule has 3 aromatic rings. The Morgan fingerprint density at radius 3 is 2.63 bits per heavy atom. The normalized spacial score (nSPS) is 10.5. The van der Waals surface area contributed by atoms with Crippen molar-refractivity contribution in [2.24, 2.45) is 0 Å². The van der Waals surface area contributed by atoms with E-state index in [1.165, 1.54) is 11.8 Å². The number of carbonyl (C=O) groups excluding carboxylic acids is 1. The highest BCUT2D eigenvalue weighted by Gasteiger charge is 2.16. The lowest BCUT2D eigenvalue weighted by Crippen LogP contribution is -2.15. The molecule has 1 heterocycles. The second-order valence-electron chi connectivity index (χ2n) is 6.12. The number of thioether (sulfide) groups is 1. The third kappa shape index (κ3) is 5.14. The number of rotatable bonds is 9. The van der Waals surface area contributed by atoms with E-state index in [1.807, 2.05) is 16.7 Å². The van der Waals surface area contributed by atoms with Crippen LogP contribution < -0.4 is 14.8 Å². The highest BCUT2D eigenvalue weighted by molar-refractivity contribution is 7.99. The van der Waals surface area contributed by atoms with Gasteiger partial charge in [0, 0.05) is 23.2 Å². The molecular weight excluding hydrogens is 424 g/mol. The van der Waals surface area contributed by atoms with Crippen molar-refractivity contribution in [3.05, 3.63) is 60.1 Å². The van der Waals surface area contributed by atoms with Crippen molar-refractivity contribution in [1.29, 1.82) is 0 Å². The number of nitrogens with zero attached hydrogens (tertiary/aromatic N) is 3. The number of aromatic nitrogens is 3. The molecule has 0 unspecified atom stereocenters. The maximum Gasteiger partial charge on any atom is 0.234 e. The van der Waals surface area contributed by atoms with Crippen LogP contribution in [0.5, 0.6) is 11.5 Å². The van der Waals surface area contributed by atoms with Crippen LogP contribution in [0.2, 0.25) is 5.02 Å². The first kappa shape index (κ1) is 21.7. The van der Waals surface area contributed by atoms with Gasteiger partial charge in [0.15, 0.2) is 11.0 Å². The van der Waals surface area contributed by atoms with E-state index in [0.717, 1.165) is 5.56 Å². The van der Waals surface area contributed by atoms with Crippen LogP contribution >= 0.6 is 23.4 Å². The molecular formula is C21H21ClN4O3S. The molecule has 0 saturated heterocycles. The SMILES string of the molecule is C=CCn1c(SCC(=O)Nc2cc(OC)ccc2OC)nnc1-c1ccc(Cl)cc1. The molecule has 1 N–H and O–H groups in total. The van der Waals surface area contributed by atoms with Gasteiger partial charge in [-0.1, -0.05) is 29.4 Å². The highest BCUT2D eigenvalue weighted by atomic mass is 35.5. The molecule has 3 rings (SSSR count). The first-order chi connectivity index (χ1) is 14.5. The van der Waals surface area contributed by atoms with Crippen LogP contribution in [0.4, 0.5) is 5.69 Å². The van der Waals surface area contributed by atoms with Crippen LogP contribution in [0.15, 0.2) is 60.3 Å². The lowest BCUT2D eigenvalue weighted by molar-refractivity contribution is -0.113. The minimum Gasteiger partial charge on any atom is -0.497 e. The lowest BCUT2D eigenvalue weighted by Gasteiger charge is -2.12. The average molecular weight is 445 g/mol. The van der Waals surface area contributed by atoms with Gasteiger partial charge in [-0.3, -0.25) is 9.36 Å². The predicted molar refractivity (Wildman–Crippen MR) is 120 cm³/mol. The van der Waals surface area contributed by atoms with E-state index in [2.05, 4.69) is 22.1 Å². The van der Waals surface area contributed by atoms with Gasteiger partial charge in [0.2, 0.25) is 5.91 Å². The molecule has 0 aliphatic heterocycles. The predicted octanol–water partition coefficient (Wildman–Crippen LogP) is 4.53. The smallest absolute Gasteiger partial charge is 0.234 e. The molecule has 0 aliphatic rings. The molecule has 0 spiro atoms. The minimum absolute atomic E-state index is 0.149. The summed E-state index contributed by atoms with van der Waals surface area (Å²) in [6.07, 6.45) is 1.76. The third-order valence-electron chi connectivity index (χ3n) is 4.14. The van der Waals surface area contributed by atoms with E-state index in [0.29, 0.717) is 39.7 Å². The summed E-state index contributed by atoms with van der Waals surface area (Å²) < 4.78 is 12.4. The standard InChI is InChI=1S/C21H21ClN4O3S/c1-4-11-26-20(14-5-7-15(22)8-6-14)24-25-21(26)30-13-19(27)23-17-12-16(28-2)9-10-18(17)29-3/h4-10,12H,1,11,13H2,2-3H3,(H,23,27). The summed E-state index contributed by atoms with van der Waals surface area (Å²) in [7, 11) is 3.11. The molecule has 0 bridgehead atoms. The van der Waals surface area contributed by atoms with Crippen LogP contribution in [-0.4, -0.2) is 40.6 Å². The Labute approximate surface area is 184 Å². The fourth-order valence-electron chi connectivity index (χ4n) is 2.73. The van der Waals surface area contributed by atoms with Gasteiger partial charge in [-0.05, 0) is 36.4 Å². The number of methoxy groups -OCH3 is 2. The zero-order chi connectivity index (χ0) is 21.5. The maximum absolute atomic E-state index is 12.5. The van der Waals surface area contributed by atoms with Crippen molar-refractivity contribution >= 4 is 35.0 Å². The van der Waals surface area contributed by atoms with Gasteiger partial charge >= 0.3 is 0 Å². The van der Waals surface area contributed by atoms with Crippen molar-refractivity contribution in [2.45, 2.75) is 11.7 Å². The molecule has 0 radical (unpaired) electrons. The van der Waals surface area contributed by atoms with Gasteiger partial charge in [-0.25, -0.2) is 0 Å². The second kappa shape index (κ2) is 10.2. The zero-order valence-electron chi connectivity index (χ0n) is 16.6. The zero-order valence-corrected chi connectivity index (χ0v) is 18.2. The van der Waals surface area contributed by atoms with Gasteiger partial charge in [0.1, 0.15) is 11.5 Å². The van der Waals surface area contributed by atoms with E-state index in [4.69, 9.17) is 21.1 Å². The number of anilines is 1. The largest absolute Gasteiger partial charge is 0.497 e. The van der Waals surface area contributed by atoms with E-state index >= 15 is 0 Å². The number of hydrogen-bond acceptors (Lipinski definition) is 6. The van der Waals surface area contributed by atoms with Crippen LogP contribution in [0.25, 0.3) is 11.4 Å². The van der Waals surface area contributed by atoms with E-state index in [-0.39, 0.29) is 11.7 Å². The first-order valence-electron chi connectivity index (χ1n) is 9.00. The number of benzene rings is 2. The molecule has 0 atom stereocenters. The monoisotopic (exact) mass is 444 g/mol. The highest BCUT2D eigenvalue weighted by Crippen LogP contribution is 2.30. The Kier molecular flexibility index (Phi) is 7.37. The van der Waals surface area contributed by atoms with E-state index in [1.54, 1.807) is 50.6 Å². The quantitative estimate of drug-likeness (QED) is 0.386. The number of halogens is 1. The van der Waals surface area contributed by atoms with Crippen molar-refractivity contribution in [3.63, 3.8) is 0 Å². The topological polar surface area (TPSA) is 78.3 Å². The molecule has 9 heteroatoms. The maximum atomic E-state index is 12.5. The summed E-state index contributed by atoms with van der Waals surface area (Å²) in [5.74, 6) is 1.80. The molecule has 0 fully saturated rings. The van der Waals surface area contributed by atoms with Gasteiger partial charge in [-0.15, -0.1) is 16.8 Å². The number of allylic oxidation sites excluding steroid dienone is 1. The van der Waals surface area contributed by atoms with Crippen LogP contribution in [0.3, 0.4) is 0 Å². The van der Waals surface area contributed by atoms with Gasteiger partial charge < -0.3 is 14.8 Å². The van der Waals surface area contributed by atoms with Gasteiger partial charge in [0.05, 0.1) is 25.7 Å². The summed E-state index contributed by atoms with van der Waals surface area (Å²) in [6.45, 7) is 4.31. The molecule has 30 heavy (non-hydrogen) atoms. The van der Waals surface area contributed by atoms with Crippen molar-refractivity contribution in [1.82, 2.24) is 14.8 Å². The Balaban J connectivity index is 1.73. The third-order valence-corrected chi connectivity index (χ3v) is 5.36. The Morgan fingerprint density at radius 1 is 1.20 bits per heavy atom. The van der Waals surface area contributed by atoms with Crippen molar-refractivity contribution in [3.8, 4) is 22.9 Å². The summed E-state index contributed by atoms with van der Waals surface area (Å²) in [4.78, 5) is 12.5. The van der Waals surface area contributed by atoms with Crippen molar-refractivity contribution < 1.29 is 14.3 Å². The van der Waals surface area contributed by atoms with Crippen LogP contribution in [0.1, 0.15) is 0 Å². The van der Waals surface area contributed by atoms with Gasteiger partial charge in [0.25, 0.3) is 0 Å². The lowest BCUT2D eigenvalue weighted by atomic mass is 10.2. The number of carbonyl (C=O) groups is 1. The molecule has 1 aromatic heterocycles. The second-order valence-corrected chi connectivity index (χ2v) is 7.49. The molecule has 1 amide bonds. The number of hydrogen-bond donors (Lipinski definition) is 1. The number of ether oxygens (including phenoxy) is 2. The molecule has 2 aromatic carbocycles. The Bertz CT molecular complexity index is 1040. The summed E-state index contributed by atoms with van der Waals surface area (Å²) >= 11 is 7.26.